The molecule has 5 atom stereocenters. The van der Waals surface area contributed by atoms with Crippen LogP contribution in [0, 0.1) is 0 Å². The molecule has 0 aliphatic carbocycles. The smallest absolute Gasteiger partial charge is 0.276 e. The summed E-state index contributed by atoms with van der Waals surface area (Å²) in [6, 6.07) is 7.43. The summed E-state index contributed by atoms with van der Waals surface area (Å²) >= 11 is 1.27. The topological polar surface area (TPSA) is 112 Å². The number of thiazole rings is 1. The van der Waals surface area contributed by atoms with Crippen LogP contribution in [-0.4, -0.2) is 62.7 Å². The van der Waals surface area contributed by atoms with Crippen molar-refractivity contribution in [3.8, 4) is 5.19 Å². The molecule has 1 aromatic carbocycles. The van der Waals surface area contributed by atoms with Crippen molar-refractivity contribution in [2.24, 2.45) is 0 Å². The maximum Gasteiger partial charge on any atom is 0.276 e. The number of fused-ring (bicyclic) bond motifs is 1. The van der Waals surface area contributed by atoms with E-state index in [0.717, 1.165) is 10.2 Å². The molecule has 0 amide bonds. The number of aliphatic hydroxyl groups excluding tert-OH is 4. The van der Waals surface area contributed by atoms with Gasteiger partial charge in [-0.2, -0.15) is 0 Å². The van der Waals surface area contributed by atoms with E-state index in [4.69, 9.17) is 14.6 Å². The highest BCUT2D eigenvalue weighted by Crippen LogP contribution is 2.30. The van der Waals surface area contributed by atoms with Crippen LogP contribution in [0.2, 0.25) is 0 Å². The summed E-state index contributed by atoms with van der Waals surface area (Å²) in [6.07, 6.45) is -6.51. The maximum atomic E-state index is 9.89. The minimum absolute atomic E-state index is 0.278. The number of ether oxygens (including phenoxy) is 2. The second-order valence-electron chi connectivity index (χ2n) is 4.76. The number of hydrogen-bond acceptors (Lipinski definition) is 8. The average Bonchev–Trinajstić information content (AvgIpc) is 2.90. The number of benzene rings is 1. The summed E-state index contributed by atoms with van der Waals surface area (Å²) in [5, 5.41) is 38.7. The van der Waals surface area contributed by atoms with E-state index in [0.29, 0.717) is 0 Å². The van der Waals surface area contributed by atoms with Crippen molar-refractivity contribution in [1.82, 2.24) is 4.98 Å². The van der Waals surface area contributed by atoms with Crippen LogP contribution in [0.4, 0.5) is 0 Å². The molecule has 1 unspecified atom stereocenters. The second kappa shape index (κ2) is 5.84. The Morgan fingerprint density at radius 3 is 2.62 bits per heavy atom. The molecule has 1 saturated heterocycles. The molecule has 7 nitrogen and oxygen atoms in total. The number of para-hydroxylation sites is 1. The lowest BCUT2D eigenvalue weighted by Crippen LogP contribution is -2.60. The minimum atomic E-state index is -1.46. The van der Waals surface area contributed by atoms with Crippen LogP contribution in [0.5, 0.6) is 5.19 Å². The SMILES string of the molecule is OC[C@H]1OC(Oc2nc3ccccc3s2)[C@H](O)[C@@H](O)[C@H]1O. The summed E-state index contributed by atoms with van der Waals surface area (Å²) < 4.78 is 11.6. The Hall–Kier alpha value is -1.29. The Morgan fingerprint density at radius 2 is 1.90 bits per heavy atom. The van der Waals surface area contributed by atoms with Crippen LogP contribution < -0.4 is 4.74 Å². The fourth-order valence-electron chi connectivity index (χ4n) is 2.17. The molecule has 1 aromatic heterocycles. The van der Waals surface area contributed by atoms with E-state index in [1.165, 1.54) is 11.3 Å². The van der Waals surface area contributed by atoms with Gasteiger partial charge < -0.3 is 29.9 Å². The van der Waals surface area contributed by atoms with Gasteiger partial charge in [-0.1, -0.05) is 23.5 Å². The van der Waals surface area contributed by atoms with Crippen LogP contribution >= 0.6 is 11.3 Å². The number of aliphatic hydroxyl groups is 4. The Balaban J connectivity index is 1.79. The molecule has 8 heteroatoms. The Bertz CT molecular complexity index is 584. The van der Waals surface area contributed by atoms with Gasteiger partial charge in [0.25, 0.3) is 5.19 Å². The summed E-state index contributed by atoms with van der Waals surface area (Å²) in [4.78, 5) is 4.23. The van der Waals surface area contributed by atoms with Gasteiger partial charge in [-0.05, 0) is 12.1 Å². The Kier molecular flexibility index (Phi) is 4.07. The first-order valence-electron chi connectivity index (χ1n) is 6.43. The first-order chi connectivity index (χ1) is 10.1. The first-order valence-corrected chi connectivity index (χ1v) is 7.24. The van der Waals surface area contributed by atoms with Crippen molar-refractivity contribution >= 4 is 21.6 Å². The van der Waals surface area contributed by atoms with Crippen molar-refractivity contribution in [3.05, 3.63) is 24.3 Å². The average molecular weight is 313 g/mol. The van der Waals surface area contributed by atoms with Crippen LogP contribution in [0.3, 0.4) is 0 Å². The minimum Gasteiger partial charge on any atom is -0.437 e. The predicted octanol–water partition coefficient (Wildman–Crippen LogP) is -0.525. The van der Waals surface area contributed by atoms with Crippen molar-refractivity contribution in [2.75, 3.05) is 6.61 Å². The largest absolute Gasteiger partial charge is 0.437 e. The Morgan fingerprint density at radius 1 is 1.14 bits per heavy atom. The summed E-state index contributed by atoms with van der Waals surface area (Å²) in [6.45, 7) is -0.495. The van der Waals surface area contributed by atoms with Crippen molar-refractivity contribution in [1.29, 1.82) is 0 Å². The molecular weight excluding hydrogens is 298 g/mol. The van der Waals surface area contributed by atoms with E-state index < -0.39 is 37.3 Å². The Labute approximate surface area is 124 Å². The van der Waals surface area contributed by atoms with Gasteiger partial charge in [-0.15, -0.1) is 0 Å². The molecule has 2 aromatic rings. The third-order valence-electron chi connectivity index (χ3n) is 3.34. The molecule has 4 N–H and O–H groups in total. The number of rotatable bonds is 3. The molecule has 3 rings (SSSR count). The summed E-state index contributed by atoms with van der Waals surface area (Å²) in [5.41, 5.74) is 0.752. The van der Waals surface area contributed by atoms with E-state index in [1.807, 2.05) is 24.3 Å². The van der Waals surface area contributed by atoms with Gasteiger partial charge >= 0.3 is 0 Å². The van der Waals surface area contributed by atoms with Gasteiger partial charge in [0.05, 0.1) is 16.8 Å². The van der Waals surface area contributed by atoms with Crippen LogP contribution in [0.1, 0.15) is 0 Å². The zero-order chi connectivity index (χ0) is 15.0. The van der Waals surface area contributed by atoms with Crippen LogP contribution in [-0.2, 0) is 4.74 Å². The van der Waals surface area contributed by atoms with E-state index in [1.54, 1.807) is 0 Å². The van der Waals surface area contributed by atoms with E-state index in [2.05, 4.69) is 4.98 Å². The lowest BCUT2D eigenvalue weighted by atomic mass is 9.99. The van der Waals surface area contributed by atoms with Gasteiger partial charge in [0.15, 0.2) is 0 Å². The highest BCUT2D eigenvalue weighted by molar-refractivity contribution is 7.20. The predicted molar refractivity (Wildman–Crippen MR) is 74.0 cm³/mol. The molecule has 1 aliphatic rings. The van der Waals surface area contributed by atoms with E-state index >= 15 is 0 Å². The van der Waals surface area contributed by atoms with Crippen LogP contribution in [0.15, 0.2) is 24.3 Å². The van der Waals surface area contributed by atoms with Gasteiger partial charge in [-0.25, -0.2) is 4.98 Å². The quantitative estimate of drug-likeness (QED) is 0.603. The normalized spacial score (nSPS) is 33.2. The lowest BCUT2D eigenvalue weighted by Gasteiger charge is -2.39. The first kappa shape index (κ1) is 14.6. The van der Waals surface area contributed by atoms with Gasteiger partial charge in [-0.3, -0.25) is 0 Å². The third kappa shape index (κ3) is 2.73. The third-order valence-corrected chi connectivity index (χ3v) is 4.27. The molecule has 0 radical (unpaired) electrons. The number of aromatic nitrogens is 1. The monoisotopic (exact) mass is 313 g/mol. The van der Waals surface area contributed by atoms with E-state index in [-0.39, 0.29) is 5.19 Å². The maximum absolute atomic E-state index is 9.89. The zero-order valence-electron chi connectivity index (χ0n) is 10.9. The summed E-state index contributed by atoms with van der Waals surface area (Å²) in [5.74, 6) is 0. The molecule has 1 aliphatic heterocycles. The van der Waals surface area contributed by atoms with Crippen molar-refractivity contribution in [2.45, 2.75) is 30.7 Å². The molecule has 0 saturated carbocycles. The molecular formula is C13H15NO6S. The second-order valence-corrected chi connectivity index (χ2v) is 5.76. The molecule has 2 heterocycles. The molecule has 114 valence electrons. The summed E-state index contributed by atoms with van der Waals surface area (Å²) in [7, 11) is 0. The fraction of sp³-hybridized carbons (Fsp3) is 0.462. The zero-order valence-corrected chi connectivity index (χ0v) is 11.7. The van der Waals surface area contributed by atoms with Crippen molar-refractivity contribution < 1.29 is 29.9 Å². The fourth-order valence-corrected chi connectivity index (χ4v) is 3.01. The molecule has 0 spiro atoms. The van der Waals surface area contributed by atoms with Crippen molar-refractivity contribution in [3.63, 3.8) is 0 Å². The molecule has 0 bridgehead atoms. The van der Waals surface area contributed by atoms with Gasteiger partial charge in [0.1, 0.15) is 24.4 Å². The number of hydrogen-bond donors (Lipinski definition) is 4. The standard InChI is InChI=1S/C13H15NO6S/c15-5-7-9(16)10(17)11(18)12(19-7)20-13-14-6-3-1-2-4-8(6)21-13/h1-4,7,9-12,15-18H,5H2/t7-,9+,10+,11-,12?/m1/s1. The lowest BCUT2D eigenvalue weighted by molar-refractivity contribution is -0.277. The van der Waals surface area contributed by atoms with Gasteiger partial charge in [0, 0.05) is 0 Å². The van der Waals surface area contributed by atoms with Gasteiger partial charge in [0.2, 0.25) is 6.29 Å². The number of nitrogens with zero attached hydrogens (tertiary/aromatic N) is 1. The van der Waals surface area contributed by atoms with E-state index in [9.17, 15) is 15.3 Å². The highest BCUT2D eigenvalue weighted by Gasteiger charge is 2.45. The van der Waals surface area contributed by atoms with Crippen LogP contribution in [0.25, 0.3) is 10.2 Å². The highest BCUT2D eigenvalue weighted by atomic mass is 32.1. The molecule has 1 fully saturated rings. The molecule has 21 heavy (non-hydrogen) atoms.